The minimum atomic E-state index is -0.700. The number of fused-ring (bicyclic) bond motifs is 1. The number of rotatable bonds is 6. The van der Waals surface area contributed by atoms with Crippen LogP contribution >= 0.6 is 11.6 Å². The third-order valence-electron chi connectivity index (χ3n) is 6.02. The van der Waals surface area contributed by atoms with E-state index in [9.17, 15) is 9.59 Å². The first-order chi connectivity index (χ1) is 17.4. The lowest BCUT2D eigenvalue weighted by Gasteiger charge is -2.19. The van der Waals surface area contributed by atoms with Crippen molar-refractivity contribution >= 4 is 34.7 Å². The van der Waals surface area contributed by atoms with Gasteiger partial charge in [-0.25, -0.2) is 24.5 Å². The molecule has 2 aromatic heterocycles. The number of esters is 2. The van der Waals surface area contributed by atoms with Crippen molar-refractivity contribution in [3.05, 3.63) is 88.6 Å². The zero-order chi connectivity index (χ0) is 25.2. The molecule has 2 aromatic carbocycles. The van der Waals surface area contributed by atoms with Gasteiger partial charge in [0, 0.05) is 6.42 Å². The van der Waals surface area contributed by atoms with Crippen LogP contribution in [0.25, 0.3) is 11.2 Å². The summed E-state index contributed by atoms with van der Waals surface area (Å²) >= 11 is 6.14. The number of carbonyl (C=O) groups excluding carboxylic acids is 2. The predicted octanol–water partition coefficient (Wildman–Crippen LogP) is 4.47. The molecule has 4 aromatic rings. The maximum atomic E-state index is 12.9. The second-order valence-electron chi connectivity index (χ2n) is 8.63. The topological polar surface area (TPSA) is 105 Å². The number of ether oxygens (including phenoxy) is 3. The highest BCUT2D eigenvalue weighted by atomic mass is 35.5. The van der Waals surface area contributed by atoms with E-state index in [4.69, 9.17) is 25.8 Å². The Hall–Kier alpha value is -3.82. The average Bonchev–Trinajstić information content (AvgIpc) is 3.48. The summed E-state index contributed by atoms with van der Waals surface area (Å²) < 4.78 is 19.2. The smallest absolute Gasteiger partial charge is 0.338 e. The van der Waals surface area contributed by atoms with E-state index in [-0.39, 0.29) is 11.8 Å². The van der Waals surface area contributed by atoms with Gasteiger partial charge in [-0.1, -0.05) is 47.0 Å². The fraction of sp³-hybridized carbons (Fsp3) is 0.269. The summed E-state index contributed by atoms with van der Waals surface area (Å²) in [6, 6.07) is 14.2. The molecule has 0 aliphatic carbocycles. The molecule has 36 heavy (non-hydrogen) atoms. The number of benzene rings is 2. The lowest BCUT2D eigenvalue weighted by atomic mass is 10.1. The SMILES string of the molecule is Cc1ccc(C(=O)OC[C@@H]2O[C@H](n3cnc4c(Cl)ncnc43)C[C@H]2OC(=O)c2ccc(C)cc2)cc1. The molecule has 0 amide bonds. The summed E-state index contributed by atoms with van der Waals surface area (Å²) in [4.78, 5) is 37.9. The normalized spacial score (nSPS) is 19.4. The molecule has 1 aliphatic rings. The van der Waals surface area contributed by atoms with Crippen molar-refractivity contribution in [3.63, 3.8) is 0 Å². The molecule has 1 aliphatic heterocycles. The van der Waals surface area contributed by atoms with Gasteiger partial charge < -0.3 is 14.2 Å². The van der Waals surface area contributed by atoms with Gasteiger partial charge in [-0.3, -0.25) is 4.57 Å². The Kier molecular flexibility index (Phi) is 6.67. The van der Waals surface area contributed by atoms with Crippen LogP contribution in [0.4, 0.5) is 0 Å². The quantitative estimate of drug-likeness (QED) is 0.278. The van der Waals surface area contributed by atoms with Gasteiger partial charge in [0.1, 0.15) is 36.9 Å². The van der Waals surface area contributed by atoms with Crippen LogP contribution in [0.1, 0.15) is 44.5 Å². The zero-order valence-electron chi connectivity index (χ0n) is 19.6. The Morgan fingerprint density at radius 2 is 1.61 bits per heavy atom. The van der Waals surface area contributed by atoms with Gasteiger partial charge in [0.05, 0.1) is 17.5 Å². The van der Waals surface area contributed by atoms with Gasteiger partial charge >= 0.3 is 11.9 Å². The van der Waals surface area contributed by atoms with Crippen molar-refractivity contribution in [2.45, 2.75) is 38.7 Å². The van der Waals surface area contributed by atoms with Gasteiger partial charge in [0.2, 0.25) is 0 Å². The number of carbonyl (C=O) groups is 2. The highest BCUT2D eigenvalue weighted by Gasteiger charge is 2.40. The number of halogens is 1. The first-order valence-electron chi connectivity index (χ1n) is 11.4. The van der Waals surface area contributed by atoms with Crippen LogP contribution < -0.4 is 0 Å². The monoisotopic (exact) mass is 506 g/mol. The molecule has 0 spiro atoms. The molecule has 1 saturated heterocycles. The Morgan fingerprint density at radius 1 is 0.972 bits per heavy atom. The summed E-state index contributed by atoms with van der Waals surface area (Å²) in [5.74, 6) is -0.974. The minimum absolute atomic E-state index is 0.0998. The van der Waals surface area contributed by atoms with Crippen LogP contribution in [0.15, 0.2) is 61.2 Å². The van der Waals surface area contributed by atoms with Crippen molar-refractivity contribution in [1.29, 1.82) is 0 Å². The summed E-state index contributed by atoms with van der Waals surface area (Å²) in [5.41, 5.74) is 3.84. The fourth-order valence-electron chi connectivity index (χ4n) is 4.01. The molecule has 184 valence electrons. The Morgan fingerprint density at radius 3 is 2.28 bits per heavy atom. The van der Waals surface area contributed by atoms with Crippen LogP contribution in [0.5, 0.6) is 0 Å². The largest absolute Gasteiger partial charge is 0.459 e. The summed E-state index contributed by atoms with van der Waals surface area (Å²) in [7, 11) is 0. The van der Waals surface area contributed by atoms with Crippen molar-refractivity contribution in [2.75, 3.05) is 6.61 Å². The van der Waals surface area contributed by atoms with Crippen LogP contribution in [-0.4, -0.2) is 50.3 Å². The van der Waals surface area contributed by atoms with E-state index >= 15 is 0 Å². The molecule has 0 unspecified atom stereocenters. The molecule has 0 radical (unpaired) electrons. The van der Waals surface area contributed by atoms with Gasteiger partial charge in [-0.15, -0.1) is 0 Å². The highest BCUT2D eigenvalue weighted by molar-refractivity contribution is 6.33. The molecule has 3 atom stereocenters. The first-order valence-corrected chi connectivity index (χ1v) is 11.8. The van der Waals surface area contributed by atoms with Crippen LogP contribution in [0.2, 0.25) is 5.15 Å². The van der Waals surface area contributed by atoms with E-state index in [1.165, 1.54) is 6.33 Å². The minimum Gasteiger partial charge on any atom is -0.459 e. The van der Waals surface area contributed by atoms with E-state index in [0.717, 1.165) is 11.1 Å². The second-order valence-corrected chi connectivity index (χ2v) is 8.99. The maximum Gasteiger partial charge on any atom is 0.338 e. The Balaban J connectivity index is 1.36. The molecular formula is C26H23ClN4O5. The van der Waals surface area contributed by atoms with E-state index < -0.39 is 30.4 Å². The van der Waals surface area contributed by atoms with E-state index in [0.29, 0.717) is 28.7 Å². The van der Waals surface area contributed by atoms with Crippen LogP contribution in [0.3, 0.4) is 0 Å². The third kappa shape index (κ3) is 4.93. The predicted molar refractivity (Wildman–Crippen MR) is 131 cm³/mol. The molecule has 0 bridgehead atoms. The molecule has 1 fully saturated rings. The summed E-state index contributed by atoms with van der Waals surface area (Å²) in [6.07, 6.45) is 1.25. The van der Waals surface area contributed by atoms with E-state index in [2.05, 4.69) is 15.0 Å². The number of hydrogen-bond donors (Lipinski definition) is 0. The molecule has 5 rings (SSSR count). The maximum absolute atomic E-state index is 12.9. The lowest BCUT2D eigenvalue weighted by molar-refractivity contribution is -0.0563. The average molecular weight is 507 g/mol. The van der Waals surface area contributed by atoms with Gasteiger partial charge in [-0.05, 0) is 38.1 Å². The van der Waals surface area contributed by atoms with Gasteiger partial charge in [-0.2, -0.15) is 0 Å². The number of aryl methyl sites for hydroxylation is 2. The molecule has 3 heterocycles. The number of nitrogens with zero attached hydrogens (tertiary/aromatic N) is 4. The standard InChI is InChI=1S/C26H23ClN4O5/c1-15-3-7-17(8-4-15)25(32)34-12-20-19(36-26(33)18-9-5-16(2)6-10-18)11-21(35-20)31-14-30-22-23(27)28-13-29-24(22)31/h3-10,13-14,19-21H,11-12H2,1-2H3/t19-,20+,21+/m1/s1. The van der Waals surface area contributed by atoms with Crippen LogP contribution in [0, 0.1) is 13.8 Å². The number of hydrogen-bond acceptors (Lipinski definition) is 8. The first kappa shape index (κ1) is 23.9. The van der Waals surface area contributed by atoms with Gasteiger partial charge in [0.15, 0.2) is 10.8 Å². The van der Waals surface area contributed by atoms with Crippen molar-refractivity contribution in [2.24, 2.45) is 0 Å². The van der Waals surface area contributed by atoms with Crippen molar-refractivity contribution < 1.29 is 23.8 Å². The second kappa shape index (κ2) is 10.0. The van der Waals surface area contributed by atoms with Crippen molar-refractivity contribution in [3.8, 4) is 0 Å². The lowest BCUT2D eigenvalue weighted by Crippen LogP contribution is -2.32. The number of aromatic nitrogens is 4. The summed E-state index contributed by atoms with van der Waals surface area (Å²) in [5, 5.41) is 0.225. The fourth-order valence-corrected chi connectivity index (χ4v) is 4.18. The number of imidazole rings is 1. The molecular weight excluding hydrogens is 484 g/mol. The van der Waals surface area contributed by atoms with Gasteiger partial charge in [0.25, 0.3) is 0 Å². The Labute approximate surface area is 212 Å². The molecule has 10 heteroatoms. The third-order valence-corrected chi connectivity index (χ3v) is 6.29. The van der Waals surface area contributed by atoms with E-state index in [1.807, 2.05) is 38.1 Å². The molecule has 9 nitrogen and oxygen atoms in total. The molecule has 0 N–H and O–H groups in total. The highest BCUT2D eigenvalue weighted by Crippen LogP contribution is 2.34. The molecule has 0 saturated carbocycles. The van der Waals surface area contributed by atoms with E-state index in [1.54, 1.807) is 35.2 Å². The zero-order valence-corrected chi connectivity index (χ0v) is 20.4. The summed E-state index contributed by atoms with van der Waals surface area (Å²) in [6.45, 7) is 3.78. The van der Waals surface area contributed by atoms with Crippen molar-refractivity contribution in [1.82, 2.24) is 19.5 Å². The van der Waals surface area contributed by atoms with Crippen LogP contribution in [-0.2, 0) is 14.2 Å². The Bertz CT molecular complexity index is 1400.